The highest BCUT2D eigenvalue weighted by atomic mass is 32.1. The molecule has 0 radical (unpaired) electrons. The predicted octanol–water partition coefficient (Wildman–Crippen LogP) is 4.12. The van der Waals surface area contributed by atoms with Crippen molar-refractivity contribution in [1.29, 1.82) is 5.26 Å². The smallest absolute Gasteiger partial charge is 0.261 e. The summed E-state index contributed by atoms with van der Waals surface area (Å²) in [6.07, 6.45) is 8.15. The Kier molecular flexibility index (Phi) is 6.69. The summed E-state index contributed by atoms with van der Waals surface area (Å²) in [5, 5.41) is 13.4. The molecule has 0 saturated heterocycles. The number of nitriles is 1. The Morgan fingerprint density at radius 3 is 2.89 bits per heavy atom. The minimum absolute atomic E-state index is 0.148. The molecule has 0 atom stereocenters. The lowest BCUT2D eigenvalue weighted by Gasteiger charge is -2.07. The van der Waals surface area contributed by atoms with Crippen molar-refractivity contribution in [3.63, 3.8) is 0 Å². The van der Waals surface area contributed by atoms with Gasteiger partial charge in [0.15, 0.2) is 0 Å². The monoisotopic (exact) mass is 396 g/mol. The first-order valence-corrected chi connectivity index (χ1v) is 10.9. The number of thiazole rings is 1. The fourth-order valence-electron chi connectivity index (χ4n) is 3.74. The molecular formula is C22H28N4OS. The maximum Gasteiger partial charge on any atom is 0.261 e. The summed E-state index contributed by atoms with van der Waals surface area (Å²) in [6, 6.07) is 4.09. The first-order valence-electron chi connectivity index (χ1n) is 10.1. The van der Waals surface area contributed by atoms with Crippen LogP contribution in [0.4, 0.5) is 0 Å². The van der Waals surface area contributed by atoms with Gasteiger partial charge in [0, 0.05) is 35.8 Å². The van der Waals surface area contributed by atoms with Crippen LogP contribution >= 0.6 is 11.3 Å². The van der Waals surface area contributed by atoms with E-state index in [1.54, 1.807) is 17.4 Å². The molecule has 1 amide bonds. The highest BCUT2D eigenvalue weighted by molar-refractivity contribution is 7.11. The molecule has 0 unspecified atom stereocenters. The van der Waals surface area contributed by atoms with Gasteiger partial charge >= 0.3 is 0 Å². The molecule has 0 fully saturated rings. The Hall–Kier alpha value is -2.39. The highest BCUT2D eigenvalue weighted by Crippen LogP contribution is 2.26. The normalized spacial score (nSPS) is 13.9. The number of aromatic nitrogens is 2. The van der Waals surface area contributed by atoms with E-state index >= 15 is 0 Å². The molecule has 2 aromatic heterocycles. The first kappa shape index (κ1) is 20.3. The summed E-state index contributed by atoms with van der Waals surface area (Å²) in [7, 11) is 0. The zero-order chi connectivity index (χ0) is 20.1. The molecule has 3 rings (SSSR count). The second-order valence-corrected chi connectivity index (χ2v) is 8.51. The predicted molar refractivity (Wildman–Crippen MR) is 113 cm³/mol. The van der Waals surface area contributed by atoms with E-state index in [1.165, 1.54) is 23.4 Å². The van der Waals surface area contributed by atoms with E-state index in [-0.39, 0.29) is 11.5 Å². The van der Waals surface area contributed by atoms with Gasteiger partial charge in [0.1, 0.15) is 11.6 Å². The Bertz CT molecular complexity index is 906. The lowest BCUT2D eigenvalue weighted by molar-refractivity contribution is -0.117. The zero-order valence-corrected chi connectivity index (χ0v) is 17.8. The minimum Gasteiger partial charge on any atom is -0.351 e. The van der Waals surface area contributed by atoms with Crippen LogP contribution in [0.5, 0.6) is 0 Å². The average Bonchev–Trinajstić information content (AvgIpc) is 3.21. The number of carbonyl (C=O) groups excluding carboxylic acids is 1. The fourth-order valence-corrected chi connectivity index (χ4v) is 4.89. The van der Waals surface area contributed by atoms with Crippen LogP contribution in [0, 0.1) is 25.2 Å². The molecule has 2 aromatic rings. The van der Waals surface area contributed by atoms with Crippen LogP contribution in [0.25, 0.3) is 6.08 Å². The Labute approximate surface area is 171 Å². The van der Waals surface area contributed by atoms with Gasteiger partial charge in [0.25, 0.3) is 5.91 Å². The van der Waals surface area contributed by atoms with Gasteiger partial charge in [0.05, 0.1) is 10.7 Å². The molecule has 28 heavy (non-hydrogen) atoms. The molecule has 148 valence electrons. The number of fused-ring (bicyclic) bond motifs is 1. The average molecular weight is 397 g/mol. The molecule has 0 spiro atoms. The summed E-state index contributed by atoms with van der Waals surface area (Å²) in [6.45, 7) is 7.67. The minimum atomic E-state index is -0.316. The second-order valence-electron chi connectivity index (χ2n) is 7.34. The topological polar surface area (TPSA) is 70.7 Å². The summed E-state index contributed by atoms with van der Waals surface area (Å²) < 4.78 is 2.23. The van der Waals surface area contributed by atoms with Crippen LogP contribution in [0.1, 0.15) is 58.7 Å². The summed E-state index contributed by atoms with van der Waals surface area (Å²) >= 11 is 1.77. The summed E-state index contributed by atoms with van der Waals surface area (Å²) in [5.41, 5.74) is 4.57. The van der Waals surface area contributed by atoms with E-state index in [0.717, 1.165) is 47.8 Å². The van der Waals surface area contributed by atoms with Crippen LogP contribution < -0.4 is 5.32 Å². The number of amides is 1. The van der Waals surface area contributed by atoms with Crippen molar-refractivity contribution < 1.29 is 4.79 Å². The van der Waals surface area contributed by atoms with Gasteiger partial charge in [-0.15, -0.1) is 11.3 Å². The van der Waals surface area contributed by atoms with Gasteiger partial charge in [0.2, 0.25) is 0 Å². The molecule has 0 saturated carbocycles. The number of nitrogens with zero attached hydrogens (tertiary/aromatic N) is 3. The van der Waals surface area contributed by atoms with Gasteiger partial charge in [-0.3, -0.25) is 4.79 Å². The van der Waals surface area contributed by atoms with Gasteiger partial charge in [-0.2, -0.15) is 5.26 Å². The largest absolute Gasteiger partial charge is 0.351 e. The fraction of sp³-hybridized carbons (Fsp3) is 0.500. The van der Waals surface area contributed by atoms with Crippen molar-refractivity contribution >= 4 is 23.3 Å². The first-order chi connectivity index (χ1) is 13.5. The molecule has 1 aliphatic carbocycles. The van der Waals surface area contributed by atoms with Crippen LogP contribution in [0.15, 0.2) is 11.6 Å². The molecule has 6 heteroatoms. The van der Waals surface area contributed by atoms with Crippen LogP contribution in [-0.4, -0.2) is 22.0 Å². The number of rotatable bonds is 7. The van der Waals surface area contributed by atoms with Crippen molar-refractivity contribution in [2.24, 2.45) is 0 Å². The maximum absolute atomic E-state index is 12.5. The van der Waals surface area contributed by atoms with Gasteiger partial charge in [-0.1, -0.05) is 6.92 Å². The van der Waals surface area contributed by atoms with E-state index in [1.807, 2.05) is 13.0 Å². The van der Waals surface area contributed by atoms with Gasteiger partial charge in [-0.05, 0) is 63.7 Å². The second kappa shape index (κ2) is 9.20. The molecule has 0 bridgehead atoms. The number of aryl methyl sites for hydroxylation is 3. The van der Waals surface area contributed by atoms with Crippen LogP contribution in [-0.2, 0) is 30.6 Å². The van der Waals surface area contributed by atoms with E-state index in [4.69, 9.17) is 4.98 Å². The van der Waals surface area contributed by atoms with Gasteiger partial charge < -0.3 is 9.88 Å². The van der Waals surface area contributed by atoms with Gasteiger partial charge in [-0.25, -0.2) is 4.98 Å². The van der Waals surface area contributed by atoms with Crippen LogP contribution in [0.2, 0.25) is 0 Å². The standard InChI is InChI=1S/C22H28N4OS/c1-4-11-26-15(2)12-17(16(26)3)13-18(14-23)22(27)24-10-9-21-25-19-7-5-6-8-20(19)28-21/h12-13H,4-11H2,1-3H3,(H,24,27)/b18-13-. The Balaban J connectivity index is 1.62. The van der Waals surface area contributed by atoms with E-state index in [9.17, 15) is 10.1 Å². The molecule has 1 aliphatic rings. The Morgan fingerprint density at radius 1 is 1.39 bits per heavy atom. The quantitative estimate of drug-likeness (QED) is 0.565. The number of hydrogen-bond donors (Lipinski definition) is 1. The third-order valence-electron chi connectivity index (χ3n) is 5.24. The summed E-state index contributed by atoms with van der Waals surface area (Å²) in [5.74, 6) is -0.316. The lowest BCUT2D eigenvalue weighted by atomic mass is 10.0. The maximum atomic E-state index is 12.5. The molecule has 0 aromatic carbocycles. The Morgan fingerprint density at radius 2 is 2.18 bits per heavy atom. The van der Waals surface area contributed by atoms with Crippen LogP contribution in [0.3, 0.4) is 0 Å². The van der Waals surface area contributed by atoms with Crippen molar-refractivity contribution in [2.75, 3.05) is 6.54 Å². The van der Waals surface area contributed by atoms with E-state index < -0.39 is 0 Å². The highest BCUT2D eigenvalue weighted by Gasteiger charge is 2.16. The van der Waals surface area contributed by atoms with E-state index in [0.29, 0.717) is 13.0 Å². The molecule has 5 nitrogen and oxygen atoms in total. The molecule has 1 N–H and O–H groups in total. The number of carbonyl (C=O) groups is 1. The van der Waals surface area contributed by atoms with Crippen molar-refractivity contribution in [3.8, 4) is 6.07 Å². The van der Waals surface area contributed by atoms with Crippen molar-refractivity contribution in [1.82, 2.24) is 14.9 Å². The van der Waals surface area contributed by atoms with E-state index in [2.05, 4.69) is 29.8 Å². The van der Waals surface area contributed by atoms with Crippen molar-refractivity contribution in [2.45, 2.75) is 65.8 Å². The third-order valence-corrected chi connectivity index (χ3v) is 6.46. The number of hydrogen-bond acceptors (Lipinski definition) is 4. The van der Waals surface area contributed by atoms with Crippen molar-refractivity contribution in [3.05, 3.63) is 44.2 Å². The molecular weight excluding hydrogens is 368 g/mol. The number of nitrogens with one attached hydrogen (secondary N) is 1. The molecule has 2 heterocycles. The third kappa shape index (κ3) is 4.53. The SMILES string of the molecule is CCCn1c(C)cc(/C=C(/C#N)C(=O)NCCc2nc3c(s2)CCCC3)c1C. The molecule has 0 aliphatic heterocycles. The summed E-state index contributed by atoms with van der Waals surface area (Å²) in [4.78, 5) is 18.6. The zero-order valence-electron chi connectivity index (χ0n) is 17.0. The lowest BCUT2D eigenvalue weighted by Crippen LogP contribution is -2.26.